The predicted molar refractivity (Wildman–Crippen MR) is 77.8 cm³/mol. The van der Waals surface area contributed by atoms with E-state index in [2.05, 4.69) is 21.2 Å². The molecular weight excluding hydrogens is 359 g/mol. The van der Waals surface area contributed by atoms with E-state index in [-0.39, 0.29) is 12.1 Å². The second-order valence-electron chi connectivity index (χ2n) is 3.79. The Morgan fingerprint density at radius 2 is 1.79 bits per heavy atom. The van der Waals surface area contributed by atoms with Crippen molar-refractivity contribution >= 4 is 44.8 Å². The van der Waals surface area contributed by atoms with Gasteiger partial charge < -0.3 is 5.32 Å². The van der Waals surface area contributed by atoms with Crippen LogP contribution < -0.4 is 5.32 Å². The highest BCUT2D eigenvalue weighted by atomic mass is 79.9. The highest BCUT2D eigenvalue weighted by molar-refractivity contribution is 9.10. The summed E-state index contributed by atoms with van der Waals surface area (Å²) in [5.41, 5.74) is 0.772. The Morgan fingerprint density at radius 3 is 2.53 bits per heavy atom. The summed E-state index contributed by atoms with van der Waals surface area (Å²) in [4.78, 5) is 0. The summed E-state index contributed by atoms with van der Waals surface area (Å²) < 4.78 is 27.2. The SMILES string of the molecule is Fc1cccc(CNc2ccc(Br)c(Cl)c2Cl)c1F. The first-order valence-corrected chi connectivity index (χ1v) is 6.86. The van der Waals surface area contributed by atoms with E-state index in [0.717, 1.165) is 6.07 Å². The molecule has 0 aliphatic carbocycles. The van der Waals surface area contributed by atoms with E-state index in [0.29, 0.717) is 20.2 Å². The van der Waals surface area contributed by atoms with Crippen molar-refractivity contribution in [3.8, 4) is 0 Å². The van der Waals surface area contributed by atoms with Crippen LogP contribution in [-0.2, 0) is 6.54 Å². The van der Waals surface area contributed by atoms with Gasteiger partial charge in [0, 0.05) is 16.6 Å². The first-order valence-electron chi connectivity index (χ1n) is 5.31. The zero-order valence-electron chi connectivity index (χ0n) is 9.48. The van der Waals surface area contributed by atoms with Gasteiger partial charge in [0.05, 0.1) is 15.7 Å². The zero-order chi connectivity index (χ0) is 14.0. The van der Waals surface area contributed by atoms with Gasteiger partial charge in [0.2, 0.25) is 0 Å². The van der Waals surface area contributed by atoms with Gasteiger partial charge in [-0.05, 0) is 34.1 Å². The first-order chi connectivity index (χ1) is 9.00. The maximum absolute atomic E-state index is 13.5. The number of nitrogens with one attached hydrogen (secondary N) is 1. The van der Waals surface area contributed by atoms with Gasteiger partial charge in [0.1, 0.15) is 0 Å². The van der Waals surface area contributed by atoms with Gasteiger partial charge >= 0.3 is 0 Å². The van der Waals surface area contributed by atoms with Crippen LogP contribution in [0.2, 0.25) is 10.0 Å². The third kappa shape index (κ3) is 3.19. The summed E-state index contributed by atoms with van der Waals surface area (Å²) >= 11 is 15.3. The lowest BCUT2D eigenvalue weighted by Crippen LogP contribution is -2.03. The highest BCUT2D eigenvalue weighted by Crippen LogP contribution is 2.36. The number of benzene rings is 2. The predicted octanol–water partition coefficient (Wildman–Crippen LogP) is 5.65. The van der Waals surface area contributed by atoms with E-state index in [1.54, 1.807) is 12.1 Å². The van der Waals surface area contributed by atoms with Crippen LogP contribution in [0.3, 0.4) is 0 Å². The maximum Gasteiger partial charge on any atom is 0.163 e. The molecule has 0 saturated carbocycles. The summed E-state index contributed by atoms with van der Waals surface area (Å²) in [7, 11) is 0. The number of hydrogen-bond donors (Lipinski definition) is 1. The molecule has 0 aliphatic rings. The molecule has 19 heavy (non-hydrogen) atoms. The molecule has 2 aromatic carbocycles. The van der Waals surface area contributed by atoms with Gasteiger partial charge in [-0.1, -0.05) is 35.3 Å². The van der Waals surface area contributed by atoms with Crippen LogP contribution in [0, 0.1) is 11.6 Å². The molecule has 0 amide bonds. The minimum absolute atomic E-state index is 0.112. The molecule has 1 N–H and O–H groups in total. The third-order valence-corrected chi connectivity index (χ3v) is 4.31. The Balaban J connectivity index is 2.20. The molecule has 0 unspecified atom stereocenters. The molecule has 1 nitrogen and oxygen atoms in total. The fraction of sp³-hybridized carbons (Fsp3) is 0.0769. The summed E-state index contributed by atoms with van der Waals surface area (Å²) in [5.74, 6) is -1.74. The van der Waals surface area contributed by atoms with Crippen LogP contribution in [-0.4, -0.2) is 0 Å². The summed E-state index contributed by atoms with van der Waals surface area (Å²) in [6.45, 7) is 0.112. The molecule has 0 spiro atoms. The van der Waals surface area contributed by atoms with Crippen molar-refractivity contribution in [1.82, 2.24) is 0 Å². The van der Waals surface area contributed by atoms with Crippen LogP contribution in [0.25, 0.3) is 0 Å². The standard InChI is InChI=1S/C13H8BrCl2F2N/c14-8-4-5-10(12(16)11(8)15)19-6-7-2-1-3-9(17)13(7)18/h1-5,19H,6H2. The van der Waals surface area contributed by atoms with E-state index in [1.165, 1.54) is 12.1 Å². The lowest BCUT2D eigenvalue weighted by molar-refractivity contribution is 0.500. The largest absolute Gasteiger partial charge is 0.380 e. The van der Waals surface area contributed by atoms with Gasteiger partial charge in [-0.2, -0.15) is 0 Å². The molecule has 0 bridgehead atoms. The average molecular weight is 367 g/mol. The molecule has 0 atom stereocenters. The second-order valence-corrected chi connectivity index (χ2v) is 5.40. The van der Waals surface area contributed by atoms with Crippen molar-refractivity contribution in [2.75, 3.05) is 5.32 Å². The monoisotopic (exact) mass is 365 g/mol. The van der Waals surface area contributed by atoms with Gasteiger partial charge in [-0.3, -0.25) is 0 Å². The van der Waals surface area contributed by atoms with Crippen LogP contribution >= 0.6 is 39.1 Å². The van der Waals surface area contributed by atoms with E-state index >= 15 is 0 Å². The van der Waals surface area contributed by atoms with Gasteiger partial charge in [0.25, 0.3) is 0 Å². The van der Waals surface area contributed by atoms with Crippen LogP contribution in [0.1, 0.15) is 5.56 Å². The van der Waals surface area contributed by atoms with Crippen LogP contribution in [0.4, 0.5) is 14.5 Å². The van der Waals surface area contributed by atoms with E-state index in [4.69, 9.17) is 23.2 Å². The third-order valence-electron chi connectivity index (χ3n) is 2.54. The normalized spacial score (nSPS) is 10.6. The van der Waals surface area contributed by atoms with E-state index < -0.39 is 11.6 Å². The van der Waals surface area contributed by atoms with Crippen LogP contribution in [0.5, 0.6) is 0 Å². The van der Waals surface area contributed by atoms with Gasteiger partial charge in [-0.25, -0.2) is 8.78 Å². The van der Waals surface area contributed by atoms with Crippen LogP contribution in [0.15, 0.2) is 34.8 Å². The number of anilines is 1. The topological polar surface area (TPSA) is 12.0 Å². The van der Waals surface area contributed by atoms with E-state index in [1.807, 2.05) is 0 Å². The Morgan fingerprint density at radius 1 is 1.05 bits per heavy atom. The fourth-order valence-electron chi connectivity index (χ4n) is 1.54. The summed E-state index contributed by atoms with van der Waals surface area (Å²) in [5, 5.41) is 3.62. The zero-order valence-corrected chi connectivity index (χ0v) is 12.6. The van der Waals surface area contributed by atoms with Gasteiger partial charge in [-0.15, -0.1) is 0 Å². The van der Waals surface area contributed by atoms with Crippen molar-refractivity contribution in [3.05, 3.63) is 62.0 Å². The average Bonchev–Trinajstić information content (AvgIpc) is 2.40. The lowest BCUT2D eigenvalue weighted by Gasteiger charge is -2.11. The minimum Gasteiger partial charge on any atom is -0.380 e. The van der Waals surface area contributed by atoms with Gasteiger partial charge in [0.15, 0.2) is 11.6 Å². The van der Waals surface area contributed by atoms with Crippen molar-refractivity contribution in [2.24, 2.45) is 0 Å². The molecular formula is C13H8BrCl2F2N. The molecule has 2 rings (SSSR count). The highest BCUT2D eigenvalue weighted by Gasteiger charge is 2.10. The second kappa shape index (κ2) is 6.07. The van der Waals surface area contributed by atoms with Crippen molar-refractivity contribution < 1.29 is 8.78 Å². The van der Waals surface area contributed by atoms with Crippen molar-refractivity contribution in [1.29, 1.82) is 0 Å². The van der Waals surface area contributed by atoms with E-state index in [9.17, 15) is 8.78 Å². The molecule has 0 saturated heterocycles. The first kappa shape index (κ1) is 14.6. The molecule has 0 radical (unpaired) electrons. The number of rotatable bonds is 3. The molecule has 0 heterocycles. The molecule has 100 valence electrons. The molecule has 2 aromatic rings. The number of hydrogen-bond acceptors (Lipinski definition) is 1. The number of halogens is 5. The Labute approximate surface area is 127 Å². The fourth-order valence-corrected chi connectivity index (χ4v) is 2.38. The molecule has 0 fully saturated rings. The quantitative estimate of drug-likeness (QED) is 0.692. The molecule has 6 heteroatoms. The molecule has 0 aliphatic heterocycles. The van der Waals surface area contributed by atoms with Crippen molar-refractivity contribution in [2.45, 2.75) is 6.54 Å². The maximum atomic E-state index is 13.5. The van der Waals surface area contributed by atoms with Crippen molar-refractivity contribution in [3.63, 3.8) is 0 Å². The summed E-state index contributed by atoms with van der Waals surface area (Å²) in [6.07, 6.45) is 0. The Hall–Kier alpha value is -0.840. The smallest absolute Gasteiger partial charge is 0.163 e. The molecule has 0 aromatic heterocycles. The Bertz CT molecular complexity index is 620. The lowest BCUT2D eigenvalue weighted by atomic mass is 10.2. The Kier molecular flexibility index (Phi) is 4.66. The minimum atomic E-state index is -0.876. The summed E-state index contributed by atoms with van der Waals surface area (Å²) in [6, 6.07) is 7.45.